The summed E-state index contributed by atoms with van der Waals surface area (Å²) in [7, 11) is 0. The van der Waals surface area contributed by atoms with Crippen molar-refractivity contribution in [2.45, 2.75) is 0 Å². The van der Waals surface area contributed by atoms with Crippen LogP contribution < -0.4 is 0 Å². The van der Waals surface area contributed by atoms with Gasteiger partial charge in [-0.15, -0.1) is 0 Å². The highest BCUT2D eigenvalue weighted by molar-refractivity contribution is 6.33. The number of nitro benzene ring substituents is 1. The number of hydrogen-bond acceptors (Lipinski definition) is 6. The van der Waals surface area contributed by atoms with Crippen LogP contribution >= 0.6 is 11.6 Å². The number of aliphatic imine (C=N–C) groups is 1. The Labute approximate surface area is 163 Å². The van der Waals surface area contributed by atoms with Crippen molar-refractivity contribution in [2.24, 2.45) is 4.99 Å². The molecule has 138 valence electrons. The van der Waals surface area contributed by atoms with Gasteiger partial charge in [0.25, 0.3) is 5.69 Å². The maximum atomic E-state index is 12.1. The Kier molecular flexibility index (Phi) is 4.50. The molecule has 0 fully saturated rings. The molecule has 8 heteroatoms. The first-order chi connectivity index (χ1) is 13.5. The first-order valence-electron chi connectivity index (χ1n) is 8.13. The van der Waals surface area contributed by atoms with E-state index in [1.54, 1.807) is 24.3 Å². The molecule has 0 saturated carbocycles. The summed E-state index contributed by atoms with van der Waals surface area (Å²) < 4.78 is 10.9. The molecule has 2 aromatic carbocycles. The average molecular weight is 395 g/mol. The number of halogens is 1. The van der Waals surface area contributed by atoms with Crippen LogP contribution in [0.4, 0.5) is 5.69 Å². The van der Waals surface area contributed by atoms with E-state index in [0.29, 0.717) is 22.1 Å². The highest BCUT2D eigenvalue weighted by Gasteiger charge is 2.25. The number of cyclic esters (lactones) is 1. The zero-order chi connectivity index (χ0) is 19.7. The van der Waals surface area contributed by atoms with Crippen molar-refractivity contribution in [2.75, 3.05) is 0 Å². The molecule has 7 nitrogen and oxygen atoms in total. The Balaban J connectivity index is 1.64. The zero-order valence-corrected chi connectivity index (χ0v) is 14.9. The summed E-state index contributed by atoms with van der Waals surface area (Å²) in [5.74, 6) is 0.271. The van der Waals surface area contributed by atoms with Crippen molar-refractivity contribution in [1.29, 1.82) is 0 Å². The summed E-state index contributed by atoms with van der Waals surface area (Å²) in [5.41, 5.74) is 0.969. The number of hydrogen-bond donors (Lipinski definition) is 0. The van der Waals surface area contributed by atoms with Crippen LogP contribution in [0.3, 0.4) is 0 Å². The van der Waals surface area contributed by atoms with Gasteiger partial charge in [-0.2, -0.15) is 0 Å². The van der Waals surface area contributed by atoms with E-state index in [1.165, 1.54) is 24.3 Å². The number of carbonyl (C=O) groups is 1. The third-order valence-electron chi connectivity index (χ3n) is 3.97. The first-order valence-corrected chi connectivity index (χ1v) is 8.51. The Morgan fingerprint density at radius 1 is 1.07 bits per heavy atom. The molecule has 0 unspecified atom stereocenters. The Morgan fingerprint density at radius 2 is 1.89 bits per heavy atom. The number of nitrogens with zero attached hydrogens (tertiary/aromatic N) is 2. The van der Waals surface area contributed by atoms with Crippen LogP contribution in [-0.2, 0) is 9.53 Å². The molecule has 1 aliphatic heterocycles. The summed E-state index contributed by atoms with van der Waals surface area (Å²) in [6, 6.07) is 16.3. The molecule has 1 aliphatic rings. The third-order valence-corrected chi connectivity index (χ3v) is 4.30. The number of esters is 1. The van der Waals surface area contributed by atoms with E-state index in [9.17, 15) is 14.9 Å². The molecule has 0 aliphatic carbocycles. The molecule has 0 radical (unpaired) electrons. The normalized spacial score (nSPS) is 14.8. The van der Waals surface area contributed by atoms with Gasteiger partial charge in [-0.3, -0.25) is 10.1 Å². The number of carbonyl (C=O) groups excluding carboxylic acids is 1. The fraction of sp³-hybridized carbons (Fsp3) is 0. The number of furan rings is 1. The van der Waals surface area contributed by atoms with Crippen LogP contribution in [0.1, 0.15) is 11.3 Å². The van der Waals surface area contributed by atoms with Gasteiger partial charge in [-0.1, -0.05) is 29.8 Å². The van der Waals surface area contributed by atoms with Crippen LogP contribution in [0.2, 0.25) is 5.02 Å². The van der Waals surface area contributed by atoms with E-state index in [-0.39, 0.29) is 17.3 Å². The smallest absolute Gasteiger partial charge is 0.363 e. The van der Waals surface area contributed by atoms with Crippen molar-refractivity contribution >= 4 is 35.2 Å². The number of non-ortho nitro benzene ring substituents is 1. The van der Waals surface area contributed by atoms with E-state index >= 15 is 0 Å². The second kappa shape index (κ2) is 7.13. The summed E-state index contributed by atoms with van der Waals surface area (Å²) in [5, 5.41) is 11.4. The van der Waals surface area contributed by atoms with E-state index in [2.05, 4.69) is 4.99 Å². The standard InChI is InChI=1S/C20H11ClN2O5/c21-16-7-2-1-6-15(16)18-9-8-14(27-18)11-17-20(24)28-19(22-17)12-4-3-5-13(10-12)23(25)26/h1-11H. The second-order valence-electron chi connectivity index (χ2n) is 5.83. The van der Waals surface area contributed by atoms with Crippen molar-refractivity contribution in [3.05, 3.63) is 92.8 Å². The van der Waals surface area contributed by atoms with Gasteiger partial charge in [-0.25, -0.2) is 9.79 Å². The number of nitro groups is 1. The zero-order valence-electron chi connectivity index (χ0n) is 14.2. The molecule has 3 aromatic rings. The van der Waals surface area contributed by atoms with Crippen LogP contribution in [0.15, 0.2) is 75.8 Å². The number of rotatable bonds is 4. The monoisotopic (exact) mass is 394 g/mol. The van der Waals surface area contributed by atoms with Crippen LogP contribution in [0.5, 0.6) is 0 Å². The predicted octanol–water partition coefficient (Wildman–Crippen LogP) is 4.85. The SMILES string of the molecule is O=C1OC(c2cccc([N+](=O)[O-])c2)=NC1=Cc1ccc(-c2ccccc2Cl)o1. The minimum Gasteiger partial charge on any atom is -0.457 e. The highest BCUT2D eigenvalue weighted by Crippen LogP contribution is 2.30. The van der Waals surface area contributed by atoms with E-state index in [4.69, 9.17) is 20.8 Å². The molecule has 0 saturated heterocycles. The maximum absolute atomic E-state index is 12.1. The molecular weight excluding hydrogens is 384 g/mol. The third kappa shape index (κ3) is 3.43. The van der Waals surface area contributed by atoms with Gasteiger partial charge in [0.1, 0.15) is 11.5 Å². The van der Waals surface area contributed by atoms with Gasteiger partial charge >= 0.3 is 5.97 Å². The number of ether oxygens (including phenoxy) is 1. The lowest BCUT2D eigenvalue weighted by Gasteiger charge is -1.99. The molecule has 0 amide bonds. The van der Waals surface area contributed by atoms with Gasteiger partial charge in [0.05, 0.1) is 9.95 Å². The molecule has 0 spiro atoms. The molecule has 0 N–H and O–H groups in total. The fourth-order valence-corrected chi connectivity index (χ4v) is 2.88. The highest BCUT2D eigenvalue weighted by atomic mass is 35.5. The van der Waals surface area contributed by atoms with Gasteiger partial charge in [0, 0.05) is 29.3 Å². The quantitative estimate of drug-likeness (QED) is 0.273. The minimum atomic E-state index is -0.669. The van der Waals surface area contributed by atoms with Gasteiger partial charge in [0.2, 0.25) is 5.90 Å². The predicted molar refractivity (Wildman–Crippen MR) is 103 cm³/mol. The van der Waals surface area contributed by atoms with E-state index < -0.39 is 10.9 Å². The molecule has 28 heavy (non-hydrogen) atoms. The first kappa shape index (κ1) is 17.7. The topological polar surface area (TPSA) is 94.9 Å². The summed E-state index contributed by atoms with van der Waals surface area (Å²) >= 11 is 6.16. The van der Waals surface area contributed by atoms with Crippen molar-refractivity contribution in [1.82, 2.24) is 0 Å². The summed E-state index contributed by atoms with van der Waals surface area (Å²) in [4.78, 5) is 26.6. The van der Waals surface area contributed by atoms with Crippen molar-refractivity contribution in [3.8, 4) is 11.3 Å². The summed E-state index contributed by atoms with van der Waals surface area (Å²) in [6.07, 6.45) is 1.44. The Morgan fingerprint density at radius 3 is 2.68 bits per heavy atom. The largest absolute Gasteiger partial charge is 0.457 e. The maximum Gasteiger partial charge on any atom is 0.363 e. The Hall–Kier alpha value is -3.71. The van der Waals surface area contributed by atoms with Gasteiger partial charge in [-0.05, 0) is 30.3 Å². The second-order valence-corrected chi connectivity index (χ2v) is 6.23. The van der Waals surface area contributed by atoms with Gasteiger partial charge < -0.3 is 9.15 Å². The lowest BCUT2D eigenvalue weighted by atomic mass is 10.2. The molecular formula is C20H11ClN2O5. The fourth-order valence-electron chi connectivity index (χ4n) is 2.66. The number of benzene rings is 2. The molecule has 4 rings (SSSR count). The van der Waals surface area contributed by atoms with E-state index in [1.807, 2.05) is 18.2 Å². The lowest BCUT2D eigenvalue weighted by Crippen LogP contribution is -2.05. The minimum absolute atomic E-state index is 0.00201. The molecule has 2 heterocycles. The molecule has 0 atom stereocenters. The summed E-state index contributed by atoms with van der Waals surface area (Å²) in [6.45, 7) is 0. The van der Waals surface area contributed by atoms with Crippen LogP contribution in [0.25, 0.3) is 17.4 Å². The lowest BCUT2D eigenvalue weighted by molar-refractivity contribution is -0.384. The molecule has 0 bridgehead atoms. The van der Waals surface area contributed by atoms with Gasteiger partial charge in [0.15, 0.2) is 5.70 Å². The molecule has 1 aromatic heterocycles. The van der Waals surface area contributed by atoms with E-state index in [0.717, 1.165) is 5.56 Å². The van der Waals surface area contributed by atoms with Crippen LogP contribution in [0, 0.1) is 10.1 Å². The van der Waals surface area contributed by atoms with Crippen LogP contribution in [-0.4, -0.2) is 16.8 Å². The average Bonchev–Trinajstić information content (AvgIpc) is 3.30. The van der Waals surface area contributed by atoms with Crippen molar-refractivity contribution < 1.29 is 18.9 Å². The Bertz CT molecular complexity index is 1160. The van der Waals surface area contributed by atoms with Crippen molar-refractivity contribution in [3.63, 3.8) is 0 Å².